The highest BCUT2D eigenvalue weighted by atomic mass is 16.5. The fourth-order valence-corrected chi connectivity index (χ4v) is 1.58. The van der Waals surface area contributed by atoms with Crippen molar-refractivity contribution in [2.24, 2.45) is 0 Å². The van der Waals surface area contributed by atoms with Crippen LogP contribution in [0, 0.1) is 0 Å². The quantitative estimate of drug-likeness (QED) is 0.653. The molecule has 0 atom stereocenters. The first-order chi connectivity index (χ1) is 9.13. The Kier molecular flexibility index (Phi) is 3.68. The minimum Gasteiger partial charge on any atom is -0.460 e. The molecule has 1 aromatic heterocycles. The molecule has 1 aliphatic rings. The lowest BCUT2D eigenvalue weighted by molar-refractivity contribution is -0.128. The number of amides is 3. The van der Waals surface area contributed by atoms with E-state index in [1.165, 1.54) is 0 Å². The van der Waals surface area contributed by atoms with Crippen molar-refractivity contribution in [1.29, 1.82) is 0 Å². The normalized spacial score (nSPS) is 14.4. The predicted molar refractivity (Wildman–Crippen MR) is 58.9 cm³/mol. The van der Waals surface area contributed by atoms with Crippen molar-refractivity contribution in [3.05, 3.63) is 5.82 Å². The molecule has 0 spiro atoms. The van der Waals surface area contributed by atoms with Gasteiger partial charge < -0.3 is 10.1 Å². The van der Waals surface area contributed by atoms with Gasteiger partial charge in [-0.2, -0.15) is 0 Å². The molecular formula is C9H12N6O4. The van der Waals surface area contributed by atoms with Crippen LogP contribution in [0.2, 0.25) is 0 Å². The molecule has 1 aromatic rings. The number of nitrogens with zero attached hydrogens (tertiary/aromatic N) is 5. The molecule has 0 radical (unpaired) electrons. The molecule has 2 heterocycles. The molecule has 102 valence electrons. The van der Waals surface area contributed by atoms with Crippen LogP contribution in [0.4, 0.5) is 4.79 Å². The van der Waals surface area contributed by atoms with Gasteiger partial charge in [-0.05, 0) is 17.4 Å². The molecule has 10 nitrogen and oxygen atoms in total. The van der Waals surface area contributed by atoms with Crippen molar-refractivity contribution >= 4 is 17.9 Å². The standard InChI is InChI=1S/C9H12N6O4/c1-2-19-8(17)7-11-12-13-15(7)5-6(16)14-4-3-10-9(14)18/h2-5H2,1H3,(H,10,18). The summed E-state index contributed by atoms with van der Waals surface area (Å²) in [5.41, 5.74) is 0. The number of carbonyl (C=O) groups excluding carboxylic acids is 3. The zero-order valence-corrected chi connectivity index (χ0v) is 10.2. The third-order valence-electron chi connectivity index (χ3n) is 2.43. The predicted octanol–water partition coefficient (Wildman–Crippen LogP) is -1.60. The van der Waals surface area contributed by atoms with E-state index in [1.807, 2.05) is 0 Å². The Labute approximate surface area is 107 Å². The lowest BCUT2D eigenvalue weighted by atomic mass is 10.5. The largest absolute Gasteiger partial charge is 0.460 e. The molecule has 1 N–H and O–H groups in total. The molecular weight excluding hydrogens is 256 g/mol. The van der Waals surface area contributed by atoms with Crippen LogP contribution in [0.3, 0.4) is 0 Å². The minimum atomic E-state index is -0.717. The number of esters is 1. The molecule has 0 bridgehead atoms. The number of ether oxygens (including phenoxy) is 1. The summed E-state index contributed by atoms with van der Waals surface area (Å²) in [7, 11) is 0. The summed E-state index contributed by atoms with van der Waals surface area (Å²) in [4.78, 5) is 35.7. The molecule has 19 heavy (non-hydrogen) atoms. The van der Waals surface area contributed by atoms with Crippen molar-refractivity contribution in [2.75, 3.05) is 19.7 Å². The van der Waals surface area contributed by atoms with E-state index in [1.54, 1.807) is 6.92 Å². The van der Waals surface area contributed by atoms with E-state index in [4.69, 9.17) is 4.74 Å². The first-order valence-electron chi connectivity index (χ1n) is 5.65. The Morgan fingerprint density at radius 2 is 2.26 bits per heavy atom. The number of hydrogen-bond donors (Lipinski definition) is 1. The number of aromatic nitrogens is 4. The maximum absolute atomic E-state index is 11.9. The van der Waals surface area contributed by atoms with E-state index in [2.05, 4.69) is 20.8 Å². The summed E-state index contributed by atoms with van der Waals surface area (Å²) >= 11 is 0. The van der Waals surface area contributed by atoms with Gasteiger partial charge in [0.1, 0.15) is 6.54 Å². The average molecular weight is 268 g/mol. The van der Waals surface area contributed by atoms with Crippen LogP contribution in [0.15, 0.2) is 0 Å². The smallest absolute Gasteiger partial charge is 0.378 e. The molecule has 0 unspecified atom stereocenters. The van der Waals surface area contributed by atoms with Gasteiger partial charge in [-0.25, -0.2) is 14.3 Å². The second-order valence-corrected chi connectivity index (χ2v) is 3.66. The van der Waals surface area contributed by atoms with Crippen molar-refractivity contribution in [2.45, 2.75) is 13.5 Å². The highest BCUT2D eigenvalue weighted by Gasteiger charge is 2.28. The van der Waals surface area contributed by atoms with Gasteiger partial charge in [0, 0.05) is 13.1 Å². The number of imide groups is 1. The second-order valence-electron chi connectivity index (χ2n) is 3.66. The maximum atomic E-state index is 11.9. The molecule has 10 heteroatoms. The third-order valence-corrected chi connectivity index (χ3v) is 2.43. The number of carbonyl (C=O) groups is 3. The summed E-state index contributed by atoms with van der Waals surface area (Å²) in [5.74, 6) is -1.38. The van der Waals surface area contributed by atoms with E-state index in [9.17, 15) is 14.4 Å². The van der Waals surface area contributed by atoms with Gasteiger partial charge >= 0.3 is 12.0 Å². The molecule has 1 aliphatic heterocycles. The van der Waals surface area contributed by atoms with Gasteiger partial charge in [0.2, 0.25) is 0 Å². The van der Waals surface area contributed by atoms with Crippen LogP contribution in [0.25, 0.3) is 0 Å². The van der Waals surface area contributed by atoms with Gasteiger partial charge in [0.05, 0.1) is 6.61 Å². The highest BCUT2D eigenvalue weighted by Crippen LogP contribution is 2.02. The SMILES string of the molecule is CCOC(=O)c1nnnn1CC(=O)N1CCNC1=O. The van der Waals surface area contributed by atoms with Crippen LogP contribution < -0.4 is 5.32 Å². The van der Waals surface area contributed by atoms with Crippen molar-refractivity contribution in [3.8, 4) is 0 Å². The van der Waals surface area contributed by atoms with Crippen LogP contribution in [-0.2, 0) is 16.1 Å². The lowest BCUT2D eigenvalue weighted by Gasteiger charge is -2.11. The zero-order chi connectivity index (χ0) is 13.8. The Bertz CT molecular complexity index is 513. The first kappa shape index (κ1) is 12.9. The number of nitrogens with one attached hydrogen (secondary N) is 1. The lowest BCUT2D eigenvalue weighted by Crippen LogP contribution is -2.37. The number of tetrazole rings is 1. The number of hydrogen-bond acceptors (Lipinski definition) is 7. The molecule has 0 aromatic carbocycles. The van der Waals surface area contributed by atoms with E-state index in [-0.39, 0.29) is 25.5 Å². The molecule has 0 saturated carbocycles. The Hall–Kier alpha value is -2.52. The van der Waals surface area contributed by atoms with Crippen LogP contribution in [0.5, 0.6) is 0 Å². The monoisotopic (exact) mass is 268 g/mol. The molecule has 0 aliphatic carbocycles. The second kappa shape index (κ2) is 5.42. The summed E-state index contributed by atoms with van der Waals surface area (Å²) in [6.45, 7) is 2.22. The summed E-state index contributed by atoms with van der Waals surface area (Å²) in [6, 6.07) is -0.462. The minimum absolute atomic E-state index is 0.171. The third kappa shape index (κ3) is 2.67. The average Bonchev–Trinajstić information content (AvgIpc) is 2.98. The topological polar surface area (TPSA) is 119 Å². The fraction of sp³-hybridized carbons (Fsp3) is 0.556. The van der Waals surface area contributed by atoms with Crippen molar-refractivity contribution in [3.63, 3.8) is 0 Å². The van der Waals surface area contributed by atoms with E-state index in [0.29, 0.717) is 6.54 Å². The summed E-state index contributed by atoms with van der Waals surface area (Å²) < 4.78 is 5.75. The fourth-order valence-electron chi connectivity index (χ4n) is 1.58. The Morgan fingerprint density at radius 1 is 1.47 bits per heavy atom. The zero-order valence-electron chi connectivity index (χ0n) is 10.2. The Morgan fingerprint density at radius 3 is 2.89 bits per heavy atom. The van der Waals surface area contributed by atoms with Crippen LogP contribution in [0.1, 0.15) is 17.5 Å². The number of rotatable bonds is 4. The van der Waals surface area contributed by atoms with E-state index >= 15 is 0 Å². The van der Waals surface area contributed by atoms with Gasteiger partial charge in [0.15, 0.2) is 0 Å². The van der Waals surface area contributed by atoms with Gasteiger partial charge in [-0.3, -0.25) is 9.69 Å². The van der Waals surface area contributed by atoms with E-state index < -0.39 is 17.9 Å². The van der Waals surface area contributed by atoms with Gasteiger partial charge in [-0.1, -0.05) is 0 Å². The number of urea groups is 1. The summed E-state index contributed by atoms with van der Waals surface area (Å²) in [6.07, 6.45) is 0. The van der Waals surface area contributed by atoms with Gasteiger partial charge in [-0.15, -0.1) is 5.10 Å². The van der Waals surface area contributed by atoms with Crippen molar-refractivity contribution < 1.29 is 19.1 Å². The molecule has 2 rings (SSSR count). The maximum Gasteiger partial charge on any atom is 0.378 e. The first-order valence-corrected chi connectivity index (χ1v) is 5.65. The van der Waals surface area contributed by atoms with Crippen LogP contribution >= 0.6 is 0 Å². The molecule has 1 fully saturated rings. The molecule has 3 amide bonds. The van der Waals surface area contributed by atoms with Crippen molar-refractivity contribution in [1.82, 2.24) is 30.4 Å². The van der Waals surface area contributed by atoms with Gasteiger partial charge in [0.25, 0.3) is 11.7 Å². The van der Waals surface area contributed by atoms with E-state index in [0.717, 1.165) is 9.58 Å². The van der Waals surface area contributed by atoms with Crippen LogP contribution in [-0.4, -0.2) is 62.7 Å². The highest BCUT2D eigenvalue weighted by molar-refractivity contribution is 5.96. The Balaban J connectivity index is 2.07. The summed E-state index contributed by atoms with van der Waals surface area (Å²) in [5, 5.41) is 12.8. The molecule has 1 saturated heterocycles.